The minimum Gasteiger partial charge on any atom is -0.310 e. The van der Waals surface area contributed by atoms with Crippen molar-refractivity contribution in [1.29, 1.82) is 0 Å². The lowest BCUT2D eigenvalue weighted by Crippen LogP contribution is -2.30. The van der Waals surface area contributed by atoms with Gasteiger partial charge in [-0.15, -0.1) is 0 Å². The van der Waals surface area contributed by atoms with Gasteiger partial charge in [-0.1, -0.05) is 67.9 Å². The first-order valence-corrected chi connectivity index (χ1v) is 12.0. The molecule has 1 aliphatic heterocycles. The molecule has 4 aromatic carbocycles. The first kappa shape index (κ1) is 21.3. The molecule has 5 aromatic rings. The van der Waals surface area contributed by atoms with Crippen LogP contribution in [0.1, 0.15) is 30.5 Å². The van der Waals surface area contributed by atoms with Crippen molar-refractivity contribution in [3.05, 3.63) is 126 Å². The van der Waals surface area contributed by atoms with E-state index in [1.165, 1.54) is 39.2 Å². The molecule has 1 aromatic heterocycles. The second kappa shape index (κ2) is 8.21. The molecule has 2 heterocycles. The first-order chi connectivity index (χ1) is 17.0. The van der Waals surface area contributed by atoms with E-state index in [4.69, 9.17) is 0 Å². The summed E-state index contributed by atoms with van der Waals surface area (Å²) < 4.78 is 0. The number of nitrogens with zero attached hydrogens (tertiary/aromatic N) is 3. The number of rotatable bonds is 3. The van der Waals surface area contributed by atoms with Gasteiger partial charge >= 0.3 is 0 Å². The fraction of sp³-hybridized carbons (Fsp3) is 0.125. The standard InChI is InChI=1S/C32H27N3/c1-22-10-16-29-27(20-22)32(2,3)28-21-25(23-8-5-4-6-9-23)13-17-30(28)35(29)26-14-11-24(12-15-26)31-33-18-7-19-34-31/h4-21H,1-3H3. The highest BCUT2D eigenvalue weighted by atomic mass is 15.2. The van der Waals surface area contributed by atoms with E-state index in [0.717, 1.165) is 17.1 Å². The summed E-state index contributed by atoms with van der Waals surface area (Å²) in [6.07, 6.45) is 3.56. The summed E-state index contributed by atoms with van der Waals surface area (Å²) in [5.41, 5.74) is 10.9. The molecule has 0 saturated heterocycles. The van der Waals surface area contributed by atoms with Crippen molar-refractivity contribution in [3.8, 4) is 22.5 Å². The molecule has 3 nitrogen and oxygen atoms in total. The maximum atomic E-state index is 4.41. The fourth-order valence-corrected chi connectivity index (χ4v) is 5.15. The third kappa shape index (κ3) is 3.60. The molecular formula is C32H27N3. The van der Waals surface area contributed by atoms with Gasteiger partial charge in [-0.25, -0.2) is 9.97 Å². The smallest absolute Gasteiger partial charge is 0.159 e. The van der Waals surface area contributed by atoms with Crippen LogP contribution in [-0.4, -0.2) is 9.97 Å². The molecule has 0 N–H and O–H groups in total. The van der Waals surface area contributed by atoms with Crippen molar-refractivity contribution in [2.24, 2.45) is 0 Å². The molecule has 0 fully saturated rings. The van der Waals surface area contributed by atoms with E-state index in [2.05, 4.69) is 127 Å². The second-order valence-electron chi connectivity index (χ2n) is 9.70. The molecule has 0 unspecified atom stereocenters. The Bertz CT molecular complexity index is 1500. The molecule has 1 aliphatic rings. The van der Waals surface area contributed by atoms with E-state index in [-0.39, 0.29) is 5.41 Å². The van der Waals surface area contributed by atoms with Crippen molar-refractivity contribution < 1.29 is 0 Å². The lowest BCUT2D eigenvalue weighted by molar-refractivity contribution is 0.631. The van der Waals surface area contributed by atoms with E-state index in [0.29, 0.717) is 0 Å². The van der Waals surface area contributed by atoms with Crippen molar-refractivity contribution in [3.63, 3.8) is 0 Å². The number of fused-ring (bicyclic) bond motifs is 2. The molecule has 0 bridgehead atoms. The SMILES string of the molecule is Cc1ccc2c(c1)C(C)(C)c1cc(-c3ccccc3)ccc1N2c1ccc(-c2ncccn2)cc1. The highest BCUT2D eigenvalue weighted by Crippen LogP contribution is 2.52. The maximum Gasteiger partial charge on any atom is 0.159 e. The molecule has 0 spiro atoms. The predicted molar refractivity (Wildman–Crippen MR) is 144 cm³/mol. The van der Waals surface area contributed by atoms with Crippen LogP contribution in [-0.2, 0) is 5.41 Å². The summed E-state index contributed by atoms with van der Waals surface area (Å²) in [7, 11) is 0. The Morgan fingerprint density at radius 1 is 0.600 bits per heavy atom. The van der Waals surface area contributed by atoms with Gasteiger partial charge in [0.15, 0.2) is 5.82 Å². The van der Waals surface area contributed by atoms with Gasteiger partial charge in [-0.3, -0.25) is 0 Å². The van der Waals surface area contributed by atoms with Crippen LogP contribution in [0.15, 0.2) is 109 Å². The molecule has 0 amide bonds. The van der Waals surface area contributed by atoms with E-state index in [9.17, 15) is 0 Å². The van der Waals surface area contributed by atoms with Crippen LogP contribution in [0.4, 0.5) is 17.1 Å². The van der Waals surface area contributed by atoms with Crippen molar-refractivity contribution >= 4 is 17.1 Å². The number of benzene rings is 4. The average molecular weight is 454 g/mol. The van der Waals surface area contributed by atoms with Crippen LogP contribution in [0.5, 0.6) is 0 Å². The third-order valence-electron chi connectivity index (χ3n) is 7.03. The summed E-state index contributed by atoms with van der Waals surface area (Å²) in [5, 5.41) is 0. The lowest BCUT2D eigenvalue weighted by atomic mass is 9.72. The highest BCUT2D eigenvalue weighted by Gasteiger charge is 2.37. The Kier molecular flexibility index (Phi) is 5.00. The van der Waals surface area contributed by atoms with E-state index in [1.54, 1.807) is 12.4 Å². The van der Waals surface area contributed by atoms with Gasteiger partial charge in [0.05, 0.1) is 11.4 Å². The van der Waals surface area contributed by atoms with Crippen LogP contribution < -0.4 is 4.90 Å². The van der Waals surface area contributed by atoms with Gasteiger partial charge in [0.2, 0.25) is 0 Å². The van der Waals surface area contributed by atoms with E-state index < -0.39 is 0 Å². The maximum absolute atomic E-state index is 4.41. The molecular weight excluding hydrogens is 426 g/mol. The Morgan fingerprint density at radius 2 is 1.23 bits per heavy atom. The quantitative estimate of drug-likeness (QED) is 0.275. The van der Waals surface area contributed by atoms with Gasteiger partial charge in [0.1, 0.15) is 0 Å². The normalized spacial score (nSPS) is 13.7. The zero-order valence-electron chi connectivity index (χ0n) is 20.2. The van der Waals surface area contributed by atoms with Crippen LogP contribution in [0.2, 0.25) is 0 Å². The van der Waals surface area contributed by atoms with E-state index in [1.807, 2.05) is 6.07 Å². The Morgan fingerprint density at radius 3 is 1.94 bits per heavy atom. The number of aromatic nitrogens is 2. The van der Waals surface area contributed by atoms with Crippen molar-refractivity contribution in [2.45, 2.75) is 26.2 Å². The molecule has 0 radical (unpaired) electrons. The van der Waals surface area contributed by atoms with Crippen LogP contribution >= 0.6 is 0 Å². The third-order valence-corrected chi connectivity index (χ3v) is 7.03. The van der Waals surface area contributed by atoms with Gasteiger partial charge in [0, 0.05) is 29.1 Å². The Labute approximate surface area is 206 Å². The summed E-state index contributed by atoms with van der Waals surface area (Å²) in [4.78, 5) is 11.2. The molecule has 170 valence electrons. The van der Waals surface area contributed by atoms with Gasteiger partial charge in [0.25, 0.3) is 0 Å². The van der Waals surface area contributed by atoms with Crippen LogP contribution in [0.3, 0.4) is 0 Å². The molecule has 35 heavy (non-hydrogen) atoms. The monoisotopic (exact) mass is 453 g/mol. The lowest BCUT2D eigenvalue weighted by Gasteiger charge is -2.42. The fourth-order valence-electron chi connectivity index (χ4n) is 5.15. The second-order valence-corrected chi connectivity index (χ2v) is 9.70. The minimum absolute atomic E-state index is 0.129. The minimum atomic E-state index is -0.129. The predicted octanol–water partition coefficient (Wildman–Crippen LogP) is 8.23. The van der Waals surface area contributed by atoms with Gasteiger partial charge < -0.3 is 4.90 Å². The average Bonchev–Trinajstić information content (AvgIpc) is 2.90. The number of aryl methyl sites for hydroxylation is 1. The summed E-state index contributed by atoms with van der Waals surface area (Å²) in [5.74, 6) is 0.739. The summed E-state index contributed by atoms with van der Waals surface area (Å²) >= 11 is 0. The first-order valence-electron chi connectivity index (χ1n) is 12.0. The molecule has 0 saturated carbocycles. The number of anilines is 3. The Hall–Kier alpha value is -4.24. The molecule has 0 aliphatic carbocycles. The number of hydrogen-bond donors (Lipinski definition) is 0. The van der Waals surface area contributed by atoms with E-state index >= 15 is 0 Å². The van der Waals surface area contributed by atoms with Crippen molar-refractivity contribution in [1.82, 2.24) is 9.97 Å². The van der Waals surface area contributed by atoms with Crippen LogP contribution in [0, 0.1) is 6.92 Å². The van der Waals surface area contributed by atoms with Crippen LogP contribution in [0.25, 0.3) is 22.5 Å². The summed E-state index contributed by atoms with van der Waals surface area (Å²) in [6.45, 7) is 6.85. The zero-order valence-corrected chi connectivity index (χ0v) is 20.2. The molecule has 3 heteroatoms. The van der Waals surface area contributed by atoms with Crippen molar-refractivity contribution in [2.75, 3.05) is 4.90 Å². The molecule has 0 atom stereocenters. The molecule has 6 rings (SSSR count). The van der Waals surface area contributed by atoms with Gasteiger partial charge in [-0.2, -0.15) is 0 Å². The van der Waals surface area contributed by atoms with Gasteiger partial charge in [-0.05, 0) is 77.7 Å². The highest BCUT2D eigenvalue weighted by molar-refractivity contribution is 5.88. The topological polar surface area (TPSA) is 29.0 Å². The largest absolute Gasteiger partial charge is 0.310 e. The Balaban J connectivity index is 1.53. The summed E-state index contributed by atoms with van der Waals surface area (Å²) in [6, 6.07) is 34.7. The number of hydrogen-bond acceptors (Lipinski definition) is 3. The zero-order chi connectivity index (χ0) is 24.0.